The number of aryl methyl sites for hydroxylation is 2. The van der Waals surface area contributed by atoms with Gasteiger partial charge in [0.05, 0.1) is 47.0 Å². The largest absolute Gasteiger partial charge is 0.492 e. The fourth-order valence-electron chi connectivity index (χ4n) is 4.25. The molecule has 4 rings (SSSR count). The molecule has 192 valence electrons. The molecule has 0 aliphatic heterocycles. The quantitative estimate of drug-likeness (QED) is 0.151. The summed E-state index contributed by atoms with van der Waals surface area (Å²) >= 11 is 0. The molecule has 0 bridgehead atoms. The van der Waals surface area contributed by atoms with Crippen LogP contribution in [0.1, 0.15) is 42.1 Å². The van der Waals surface area contributed by atoms with Gasteiger partial charge in [0.25, 0.3) is 0 Å². The highest BCUT2D eigenvalue weighted by molar-refractivity contribution is 6.01. The number of hydrogen-bond donors (Lipinski definition) is 4. The van der Waals surface area contributed by atoms with Crippen LogP contribution in [0.15, 0.2) is 48.5 Å². The molecule has 2 aromatic heterocycles. The summed E-state index contributed by atoms with van der Waals surface area (Å²) in [6.45, 7) is 6.71. The van der Waals surface area contributed by atoms with Gasteiger partial charge in [-0.05, 0) is 56.7 Å². The Morgan fingerprint density at radius 3 is 2.63 bits per heavy atom. The molecular formula is C29H29N7O2. The van der Waals surface area contributed by atoms with Crippen molar-refractivity contribution >= 4 is 46.3 Å². The fourth-order valence-corrected chi connectivity index (χ4v) is 4.25. The average Bonchev–Trinajstić information content (AvgIpc) is 2.92. The molecule has 0 radical (unpaired) electrons. The van der Waals surface area contributed by atoms with E-state index in [0.717, 1.165) is 17.1 Å². The molecular weight excluding hydrogens is 478 g/mol. The summed E-state index contributed by atoms with van der Waals surface area (Å²) in [4.78, 5) is 20.5. The zero-order valence-corrected chi connectivity index (χ0v) is 21.6. The first kappa shape index (κ1) is 26.1. The number of nitrogens with one attached hydrogen (secondary N) is 4. The van der Waals surface area contributed by atoms with Gasteiger partial charge in [-0.25, -0.2) is 0 Å². The number of fused-ring (bicyclic) bond motifs is 1. The first-order chi connectivity index (χ1) is 18.5. The lowest BCUT2D eigenvalue weighted by Crippen LogP contribution is -2.06. The Kier molecular flexibility index (Phi) is 8.14. The summed E-state index contributed by atoms with van der Waals surface area (Å²) in [6, 6.07) is 17.3. The molecule has 38 heavy (non-hydrogen) atoms. The van der Waals surface area contributed by atoms with Crippen LogP contribution in [0.25, 0.3) is 10.9 Å². The molecule has 4 N–H and O–H groups in total. The molecule has 0 unspecified atom stereocenters. The second-order valence-electron chi connectivity index (χ2n) is 8.53. The Morgan fingerprint density at radius 2 is 1.95 bits per heavy atom. The van der Waals surface area contributed by atoms with Crippen LogP contribution in [-0.2, 0) is 17.8 Å². The number of pyridine rings is 2. The van der Waals surface area contributed by atoms with Gasteiger partial charge in [0.1, 0.15) is 11.8 Å². The van der Waals surface area contributed by atoms with Gasteiger partial charge in [-0.1, -0.05) is 13.0 Å². The number of benzene rings is 2. The molecule has 0 saturated heterocycles. The highest BCUT2D eigenvalue weighted by atomic mass is 16.5. The summed E-state index contributed by atoms with van der Waals surface area (Å²) in [7, 11) is 0. The van der Waals surface area contributed by atoms with Crippen molar-refractivity contribution in [1.29, 1.82) is 10.7 Å². The zero-order chi connectivity index (χ0) is 27.1. The maximum Gasteiger partial charge on any atom is 0.211 e. The van der Waals surface area contributed by atoms with Gasteiger partial charge < -0.3 is 26.1 Å². The topological polar surface area (TPSA) is 136 Å². The molecule has 0 fully saturated rings. The first-order valence-corrected chi connectivity index (χ1v) is 12.3. The summed E-state index contributed by atoms with van der Waals surface area (Å²) in [6.07, 6.45) is 2.43. The van der Waals surface area contributed by atoms with Gasteiger partial charge in [-0.2, -0.15) is 5.26 Å². The highest BCUT2D eigenvalue weighted by Crippen LogP contribution is 2.37. The van der Waals surface area contributed by atoms with Crippen molar-refractivity contribution in [3.8, 4) is 11.8 Å². The van der Waals surface area contributed by atoms with E-state index in [0.29, 0.717) is 76.5 Å². The molecule has 2 aromatic carbocycles. The van der Waals surface area contributed by atoms with Crippen LogP contribution in [0.5, 0.6) is 5.75 Å². The van der Waals surface area contributed by atoms with Gasteiger partial charge in [0.2, 0.25) is 6.41 Å². The van der Waals surface area contributed by atoms with Gasteiger partial charge in [0, 0.05) is 40.3 Å². The minimum Gasteiger partial charge on any atom is -0.492 e. The van der Waals surface area contributed by atoms with E-state index in [1.807, 2.05) is 57.2 Å². The van der Waals surface area contributed by atoms with Crippen molar-refractivity contribution in [2.24, 2.45) is 0 Å². The van der Waals surface area contributed by atoms with Crippen molar-refractivity contribution < 1.29 is 9.53 Å². The van der Waals surface area contributed by atoms with E-state index in [1.54, 1.807) is 12.1 Å². The van der Waals surface area contributed by atoms with E-state index in [2.05, 4.69) is 27.0 Å². The van der Waals surface area contributed by atoms with Crippen LogP contribution in [0, 0.1) is 23.7 Å². The van der Waals surface area contributed by atoms with Crippen LogP contribution in [0.4, 0.5) is 22.7 Å². The van der Waals surface area contributed by atoms with Crippen molar-refractivity contribution in [2.75, 3.05) is 22.6 Å². The monoisotopic (exact) mass is 507 g/mol. The number of hydrogen-bond acceptors (Lipinski definition) is 8. The number of rotatable bonds is 11. The number of nitriles is 1. The lowest BCUT2D eigenvalue weighted by atomic mass is 10.0. The second-order valence-corrected chi connectivity index (χ2v) is 8.53. The van der Waals surface area contributed by atoms with Crippen LogP contribution in [-0.4, -0.2) is 29.2 Å². The predicted molar refractivity (Wildman–Crippen MR) is 151 cm³/mol. The zero-order valence-electron chi connectivity index (χ0n) is 21.6. The third-order valence-corrected chi connectivity index (χ3v) is 6.00. The van der Waals surface area contributed by atoms with Gasteiger partial charge >= 0.3 is 0 Å². The number of carbonyl (C=O) groups is 1. The van der Waals surface area contributed by atoms with Crippen LogP contribution in [0.3, 0.4) is 0 Å². The number of carbonyl (C=O) groups excluding carboxylic acids is 1. The predicted octanol–water partition coefficient (Wildman–Crippen LogP) is 5.69. The molecule has 0 spiro atoms. The van der Waals surface area contributed by atoms with E-state index >= 15 is 0 Å². The van der Waals surface area contributed by atoms with Gasteiger partial charge in [-0.3, -0.25) is 14.8 Å². The Labute approximate surface area is 221 Å². The maximum atomic E-state index is 11.2. The molecule has 9 heteroatoms. The maximum absolute atomic E-state index is 11.2. The molecule has 4 aromatic rings. The fraction of sp³-hybridized carbons (Fsp3) is 0.207. The van der Waals surface area contributed by atoms with E-state index in [4.69, 9.17) is 15.1 Å². The lowest BCUT2D eigenvalue weighted by molar-refractivity contribution is -0.105. The standard InChI is InChI=1S/C29H29N7O2/c1-4-24-23(15-31)29(22-12-27(33-17-37)28(38-5-2)13-26(22)36-24)35-20-9-10-25(19(11-20)14-30)32-16-21-8-6-7-18(3)34-21/h6-14,17,30,32H,4-5,16H2,1-3H3,(H,33,37)(H,35,36). The van der Waals surface area contributed by atoms with E-state index in [9.17, 15) is 10.1 Å². The van der Waals surface area contributed by atoms with Crippen molar-refractivity contribution in [3.05, 3.63) is 76.7 Å². The number of ether oxygens (including phenoxy) is 1. The van der Waals surface area contributed by atoms with Crippen molar-refractivity contribution in [3.63, 3.8) is 0 Å². The van der Waals surface area contributed by atoms with E-state index in [-0.39, 0.29) is 0 Å². The number of anilines is 4. The average molecular weight is 508 g/mol. The number of amides is 1. The minimum atomic E-state index is 0.422. The van der Waals surface area contributed by atoms with Crippen molar-refractivity contribution in [2.45, 2.75) is 33.7 Å². The lowest BCUT2D eigenvalue weighted by Gasteiger charge is -2.18. The third kappa shape index (κ3) is 5.55. The Bertz CT molecular complexity index is 1540. The van der Waals surface area contributed by atoms with Gasteiger partial charge in [-0.15, -0.1) is 0 Å². The smallest absolute Gasteiger partial charge is 0.211 e. The van der Waals surface area contributed by atoms with Crippen LogP contribution in [0.2, 0.25) is 0 Å². The molecule has 0 aliphatic rings. The van der Waals surface area contributed by atoms with Crippen LogP contribution < -0.4 is 20.7 Å². The molecule has 9 nitrogen and oxygen atoms in total. The Morgan fingerprint density at radius 1 is 1.11 bits per heavy atom. The highest BCUT2D eigenvalue weighted by Gasteiger charge is 2.18. The second kappa shape index (κ2) is 11.8. The molecule has 0 aliphatic carbocycles. The van der Waals surface area contributed by atoms with Crippen molar-refractivity contribution in [1.82, 2.24) is 9.97 Å². The Hall–Kier alpha value is -4.97. The molecule has 0 saturated carbocycles. The van der Waals surface area contributed by atoms with E-state index < -0.39 is 0 Å². The first-order valence-electron chi connectivity index (χ1n) is 12.3. The molecule has 0 atom stereocenters. The summed E-state index contributed by atoms with van der Waals surface area (Å²) in [5.74, 6) is 0.502. The molecule has 2 heterocycles. The third-order valence-electron chi connectivity index (χ3n) is 6.00. The SMILES string of the molecule is CCOc1cc2nc(CC)c(C#N)c(Nc3ccc(NCc4cccc(C)n4)c(C=N)c3)c2cc1NC=O. The number of aromatic nitrogens is 2. The Balaban J connectivity index is 1.75. The number of nitrogens with zero attached hydrogens (tertiary/aromatic N) is 3. The summed E-state index contributed by atoms with van der Waals surface area (Å²) in [5, 5.41) is 28.1. The molecule has 1 amide bonds. The summed E-state index contributed by atoms with van der Waals surface area (Å²) in [5.41, 5.74) is 6.79. The van der Waals surface area contributed by atoms with Gasteiger partial charge in [0.15, 0.2) is 0 Å². The minimum absolute atomic E-state index is 0.422. The normalized spacial score (nSPS) is 10.5. The summed E-state index contributed by atoms with van der Waals surface area (Å²) < 4.78 is 5.71. The van der Waals surface area contributed by atoms with E-state index in [1.165, 1.54) is 6.21 Å². The van der Waals surface area contributed by atoms with Crippen LogP contribution >= 0.6 is 0 Å².